The normalized spacial score (nSPS) is 19.9. The van der Waals surface area contributed by atoms with Gasteiger partial charge < -0.3 is 5.32 Å². The minimum Gasteiger partial charge on any atom is -0.307 e. The predicted octanol–water partition coefficient (Wildman–Crippen LogP) is 5.23. The zero-order valence-corrected chi connectivity index (χ0v) is 13.9. The molecule has 0 bridgehead atoms. The first-order valence-corrected chi connectivity index (χ1v) is 8.33. The maximum absolute atomic E-state index is 3.85. The van der Waals surface area contributed by atoms with Gasteiger partial charge in [-0.3, -0.25) is 0 Å². The van der Waals surface area contributed by atoms with E-state index in [0.717, 1.165) is 5.92 Å². The van der Waals surface area contributed by atoms with Crippen LogP contribution in [0.1, 0.15) is 74.2 Å². The summed E-state index contributed by atoms with van der Waals surface area (Å²) in [5.74, 6) is 0.873. The van der Waals surface area contributed by atoms with Gasteiger partial charge in [0.25, 0.3) is 0 Å². The van der Waals surface area contributed by atoms with Crippen LogP contribution in [0.15, 0.2) is 12.1 Å². The molecule has 2 atom stereocenters. The Bertz CT molecular complexity index is 443. The highest BCUT2D eigenvalue weighted by atomic mass is 14.9. The predicted molar refractivity (Wildman–Crippen MR) is 88.2 cm³/mol. The van der Waals surface area contributed by atoms with E-state index in [2.05, 4.69) is 52.1 Å². The first-order valence-electron chi connectivity index (χ1n) is 8.33. The third-order valence-corrected chi connectivity index (χ3v) is 5.22. The fourth-order valence-electron chi connectivity index (χ4n) is 3.70. The van der Waals surface area contributed by atoms with E-state index in [1.165, 1.54) is 54.4 Å². The molecule has 1 fully saturated rings. The molecule has 0 amide bonds. The number of aryl methyl sites for hydroxylation is 3. The van der Waals surface area contributed by atoms with Gasteiger partial charge in [0.05, 0.1) is 0 Å². The lowest BCUT2D eigenvalue weighted by Crippen LogP contribution is -2.36. The van der Waals surface area contributed by atoms with Gasteiger partial charge >= 0.3 is 0 Å². The van der Waals surface area contributed by atoms with Crippen molar-refractivity contribution in [3.8, 4) is 0 Å². The fraction of sp³-hybridized carbons (Fsp3) is 0.684. The van der Waals surface area contributed by atoms with E-state index in [-0.39, 0.29) is 0 Å². The van der Waals surface area contributed by atoms with E-state index >= 15 is 0 Å². The van der Waals surface area contributed by atoms with Crippen molar-refractivity contribution in [3.05, 3.63) is 34.4 Å². The average molecular weight is 273 g/mol. The summed E-state index contributed by atoms with van der Waals surface area (Å²) < 4.78 is 0. The van der Waals surface area contributed by atoms with Gasteiger partial charge in [0.1, 0.15) is 0 Å². The molecule has 0 saturated heterocycles. The first kappa shape index (κ1) is 15.6. The maximum Gasteiger partial charge on any atom is 0.0297 e. The molecular formula is C19H31N. The van der Waals surface area contributed by atoms with Crippen molar-refractivity contribution < 1.29 is 0 Å². The molecule has 0 heterocycles. The van der Waals surface area contributed by atoms with Gasteiger partial charge in [-0.1, -0.05) is 31.4 Å². The summed E-state index contributed by atoms with van der Waals surface area (Å²) >= 11 is 0. The number of hydrogen-bond donors (Lipinski definition) is 1. The Kier molecular flexibility index (Phi) is 5.26. The second-order valence-electron chi connectivity index (χ2n) is 6.87. The second-order valence-corrected chi connectivity index (χ2v) is 6.87. The molecule has 2 rings (SSSR count). The highest BCUT2D eigenvalue weighted by Crippen LogP contribution is 2.28. The van der Waals surface area contributed by atoms with Gasteiger partial charge in [-0.15, -0.1) is 0 Å². The first-order chi connectivity index (χ1) is 9.49. The van der Waals surface area contributed by atoms with E-state index < -0.39 is 0 Å². The molecule has 1 aromatic carbocycles. The molecule has 1 nitrogen and oxygen atoms in total. The largest absolute Gasteiger partial charge is 0.307 e. The van der Waals surface area contributed by atoms with E-state index in [9.17, 15) is 0 Å². The molecule has 1 saturated carbocycles. The van der Waals surface area contributed by atoms with Crippen LogP contribution in [0.25, 0.3) is 0 Å². The zero-order valence-electron chi connectivity index (χ0n) is 13.9. The average Bonchev–Trinajstić information content (AvgIpc) is 2.43. The minimum atomic E-state index is 0.450. The van der Waals surface area contributed by atoms with Crippen LogP contribution in [0.4, 0.5) is 0 Å². The Labute approximate surface area is 125 Å². The molecule has 0 aliphatic heterocycles. The molecule has 20 heavy (non-hydrogen) atoms. The second kappa shape index (κ2) is 6.76. The van der Waals surface area contributed by atoms with Crippen molar-refractivity contribution in [2.24, 2.45) is 5.92 Å². The van der Waals surface area contributed by atoms with Crippen LogP contribution >= 0.6 is 0 Å². The van der Waals surface area contributed by atoms with E-state index in [4.69, 9.17) is 0 Å². The topological polar surface area (TPSA) is 12.0 Å². The summed E-state index contributed by atoms with van der Waals surface area (Å²) in [5.41, 5.74) is 5.70. The van der Waals surface area contributed by atoms with Crippen LogP contribution < -0.4 is 5.32 Å². The smallest absolute Gasteiger partial charge is 0.0297 e. The summed E-state index contributed by atoms with van der Waals surface area (Å²) in [7, 11) is 0. The summed E-state index contributed by atoms with van der Waals surface area (Å²) in [6.45, 7) is 11.4. The van der Waals surface area contributed by atoms with Crippen LogP contribution in [-0.4, -0.2) is 6.04 Å². The van der Waals surface area contributed by atoms with Gasteiger partial charge in [0.15, 0.2) is 0 Å². The summed E-state index contributed by atoms with van der Waals surface area (Å²) in [4.78, 5) is 0. The zero-order chi connectivity index (χ0) is 14.7. The van der Waals surface area contributed by atoms with Crippen molar-refractivity contribution in [1.82, 2.24) is 5.32 Å². The van der Waals surface area contributed by atoms with Gasteiger partial charge in [-0.05, 0) is 75.6 Å². The van der Waals surface area contributed by atoms with Crippen LogP contribution in [0, 0.1) is 26.7 Å². The molecule has 1 heteroatoms. The van der Waals surface area contributed by atoms with Gasteiger partial charge in [0.2, 0.25) is 0 Å². The molecule has 0 aromatic heterocycles. The Morgan fingerprint density at radius 2 is 1.50 bits per heavy atom. The van der Waals surface area contributed by atoms with Gasteiger partial charge in [0, 0.05) is 12.1 Å². The van der Waals surface area contributed by atoms with E-state index in [0.29, 0.717) is 12.1 Å². The summed E-state index contributed by atoms with van der Waals surface area (Å²) in [6, 6.07) is 5.78. The Hall–Kier alpha value is -0.820. The minimum absolute atomic E-state index is 0.450. The van der Waals surface area contributed by atoms with Crippen molar-refractivity contribution >= 4 is 0 Å². The third-order valence-electron chi connectivity index (χ3n) is 5.22. The lowest BCUT2D eigenvalue weighted by molar-refractivity contribution is 0.268. The molecule has 0 spiro atoms. The number of hydrogen-bond acceptors (Lipinski definition) is 1. The van der Waals surface area contributed by atoms with Crippen molar-refractivity contribution in [2.45, 2.75) is 78.8 Å². The number of benzene rings is 1. The van der Waals surface area contributed by atoms with Crippen LogP contribution in [0.5, 0.6) is 0 Å². The number of rotatable bonds is 4. The van der Waals surface area contributed by atoms with Crippen molar-refractivity contribution in [1.29, 1.82) is 0 Å². The van der Waals surface area contributed by atoms with Gasteiger partial charge in [-0.2, -0.15) is 0 Å². The van der Waals surface area contributed by atoms with Crippen LogP contribution in [0.3, 0.4) is 0 Å². The molecule has 112 valence electrons. The van der Waals surface area contributed by atoms with Crippen LogP contribution in [-0.2, 0) is 0 Å². The molecule has 1 N–H and O–H groups in total. The lowest BCUT2D eigenvalue weighted by atomic mass is 9.84. The van der Waals surface area contributed by atoms with Crippen molar-refractivity contribution in [2.75, 3.05) is 0 Å². The molecule has 0 radical (unpaired) electrons. The fourth-order valence-corrected chi connectivity index (χ4v) is 3.70. The molecule has 1 aliphatic rings. The van der Waals surface area contributed by atoms with E-state index in [1.54, 1.807) is 0 Å². The lowest BCUT2D eigenvalue weighted by Gasteiger charge is -2.31. The Morgan fingerprint density at radius 1 is 0.900 bits per heavy atom. The third kappa shape index (κ3) is 3.63. The highest BCUT2D eigenvalue weighted by Gasteiger charge is 2.22. The Balaban J connectivity index is 2.03. The molecule has 1 aliphatic carbocycles. The Morgan fingerprint density at radius 3 is 2.15 bits per heavy atom. The van der Waals surface area contributed by atoms with Crippen molar-refractivity contribution in [3.63, 3.8) is 0 Å². The van der Waals surface area contributed by atoms with Crippen LogP contribution in [0.2, 0.25) is 0 Å². The maximum atomic E-state index is 3.85. The number of nitrogens with one attached hydrogen (secondary N) is 1. The molecule has 2 unspecified atom stereocenters. The summed E-state index contributed by atoms with van der Waals surface area (Å²) in [5, 5.41) is 3.85. The highest BCUT2D eigenvalue weighted by molar-refractivity contribution is 5.38. The summed E-state index contributed by atoms with van der Waals surface area (Å²) in [6.07, 6.45) is 7.11. The quantitative estimate of drug-likeness (QED) is 0.792. The molecule has 1 aromatic rings. The standard InChI is InChI=1S/C19H31N/c1-13-11-15(3)19(12-14(13)2)17(5)20-16(4)18-9-7-6-8-10-18/h11-12,16-18,20H,6-10H2,1-5H3. The molecular weight excluding hydrogens is 242 g/mol. The SMILES string of the molecule is Cc1cc(C)c(C(C)NC(C)C2CCCCC2)cc1C. The van der Waals surface area contributed by atoms with Gasteiger partial charge in [-0.25, -0.2) is 0 Å². The monoisotopic (exact) mass is 273 g/mol. The van der Waals surface area contributed by atoms with E-state index in [1.807, 2.05) is 0 Å².